The lowest BCUT2D eigenvalue weighted by Crippen LogP contribution is -2.47. The van der Waals surface area contributed by atoms with Crippen molar-refractivity contribution in [1.82, 2.24) is 14.9 Å². The zero-order chi connectivity index (χ0) is 23.4. The van der Waals surface area contributed by atoms with Gasteiger partial charge in [-0.05, 0) is 37.8 Å². The molecule has 12 heteroatoms. The summed E-state index contributed by atoms with van der Waals surface area (Å²) in [5, 5.41) is 1.85. The first-order valence-electron chi connectivity index (χ1n) is 10.4. The third-order valence-electron chi connectivity index (χ3n) is 5.32. The Hall–Kier alpha value is -2.63. The van der Waals surface area contributed by atoms with E-state index in [0.717, 1.165) is 0 Å². The zero-order valence-electron chi connectivity index (χ0n) is 17.3. The maximum absolute atomic E-state index is 12.4. The van der Waals surface area contributed by atoms with Crippen LogP contribution in [0.1, 0.15) is 44.1 Å². The van der Waals surface area contributed by atoms with Crippen molar-refractivity contribution in [2.24, 2.45) is 4.99 Å². The number of nitrogens with one attached hydrogen (secondary N) is 2. The summed E-state index contributed by atoms with van der Waals surface area (Å²) in [5.74, 6) is -0.719. The topological polar surface area (TPSA) is 108 Å². The number of benzene rings is 1. The van der Waals surface area contributed by atoms with Crippen molar-refractivity contribution in [3.05, 3.63) is 29.8 Å². The van der Waals surface area contributed by atoms with Crippen molar-refractivity contribution in [2.45, 2.75) is 55.6 Å². The van der Waals surface area contributed by atoms with Crippen LogP contribution in [0.25, 0.3) is 0 Å². The largest absolute Gasteiger partial charge is 0.405 e. The Morgan fingerprint density at radius 2 is 1.94 bits per heavy atom. The molecule has 1 saturated heterocycles. The van der Waals surface area contributed by atoms with Gasteiger partial charge in [-0.3, -0.25) is 19.3 Å². The number of aliphatic imine (C=N–C) groups is 1. The normalized spacial score (nSPS) is 20.8. The van der Waals surface area contributed by atoms with Crippen LogP contribution in [0, 0.1) is 0 Å². The van der Waals surface area contributed by atoms with Crippen LogP contribution in [0.3, 0.4) is 0 Å². The summed E-state index contributed by atoms with van der Waals surface area (Å²) in [6, 6.07) is 5.72. The summed E-state index contributed by atoms with van der Waals surface area (Å²) in [5.41, 5.74) is 0.534. The van der Waals surface area contributed by atoms with E-state index in [9.17, 15) is 31.2 Å². The molecule has 1 aromatic carbocycles. The van der Waals surface area contributed by atoms with Gasteiger partial charge in [-0.15, -0.1) is 0 Å². The van der Waals surface area contributed by atoms with Gasteiger partial charge in [0.05, 0.1) is 4.90 Å². The van der Waals surface area contributed by atoms with E-state index >= 15 is 0 Å². The van der Waals surface area contributed by atoms with E-state index in [4.69, 9.17) is 0 Å². The molecule has 176 valence electrons. The fourth-order valence-corrected chi connectivity index (χ4v) is 5.04. The number of alkyl halides is 3. The van der Waals surface area contributed by atoms with Crippen molar-refractivity contribution in [1.29, 1.82) is 0 Å². The Labute approximate surface area is 184 Å². The number of likely N-dealkylation sites (tertiary alicyclic amines) is 1. The number of rotatable bonds is 8. The van der Waals surface area contributed by atoms with Gasteiger partial charge in [-0.1, -0.05) is 18.6 Å². The Morgan fingerprint density at radius 1 is 1.19 bits per heavy atom. The van der Waals surface area contributed by atoms with Crippen molar-refractivity contribution in [3.8, 4) is 0 Å². The van der Waals surface area contributed by atoms with Crippen LogP contribution in [0.15, 0.2) is 34.2 Å². The molecule has 0 spiro atoms. The number of nitrogens with zero attached hydrogens (tertiary/aromatic N) is 2. The Kier molecular flexibility index (Phi) is 7.42. The lowest BCUT2D eigenvalue weighted by atomic mass is 10.1. The third kappa shape index (κ3) is 5.99. The van der Waals surface area contributed by atoms with Crippen LogP contribution in [0.5, 0.6) is 0 Å². The van der Waals surface area contributed by atoms with Gasteiger partial charge in [0, 0.05) is 25.1 Å². The third-order valence-corrected chi connectivity index (χ3v) is 6.72. The minimum absolute atomic E-state index is 0.190. The van der Waals surface area contributed by atoms with E-state index in [2.05, 4.69) is 9.71 Å². The number of sulfonamides is 1. The average Bonchev–Trinajstić information content (AvgIpc) is 3.31. The number of amidine groups is 1. The van der Waals surface area contributed by atoms with Gasteiger partial charge in [0.15, 0.2) is 0 Å². The Balaban J connectivity index is 1.41. The molecule has 1 atom stereocenters. The highest BCUT2D eigenvalue weighted by Gasteiger charge is 2.36. The molecule has 2 amide bonds. The highest BCUT2D eigenvalue weighted by Crippen LogP contribution is 2.23. The van der Waals surface area contributed by atoms with Gasteiger partial charge in [0.2, 0.25) is 11.8 Å². The Bertz CT molecular complexity index is 995. The molecule has 3 rings (SSSR count). The summed E-state index contributed by atoms with van der Waals surface area (Å²) in [6.07, 6.45) is -1.54. The first-order valence-corrected chi connectivity index (χ1v) is 11.9. The van der Waals surface area contributed by atoms with Gasteiger partial charge in [-0.2, -0.15) is 13.2 Å². The van der Waals surface area contributed by atoms with Gasteiger partial charge in [0.1, 0.15) is 18.4 Å². The zero-order valence-corrected chi connectivity index (χ0v) is 18.1. The smallest absolute Gasteiger partial charge is 0.345 e. The highest BCUT2D eigenvalue weighted by atomic mass is 32.2. The molecule has 0 saturated carbocycles. The number of hydrogen-bond donors (Lipinski definition) is 2. The summed E-state index contributed by atoms with van der Waals surface area (Å²) in [4.78, 5) is 30.3. The second-order valence-electron chi connectivity index (χ2n) is 7.72. The van der Waals surface area contributed by atoms with E-state index in [0.29, 0.717) is 56.6 Å². The second kappa shape index (κ2) is 9.88. The molecular formula is C20H25F3N4O4S. The molecule has 1 fully saturated rings. The number of hydrogen-bond acceptors (Lipinski definition) is 5. The standard InChI is InChI=1S/C20H25F3N4O4S/c21-20(22,23)13-25-19(29)15-8-6-12-27(15)17(28)10-2-1-5-11-24-18-14-7-3-4-9-16(14)32(30,31)26-18/h3-4,7,9,15H,1-2,5-6,8,10-13H2,(H,24,26)(H,25,29). The predicted molar refractivity (Wildman–Crippen MR) is 110 cm³/mol. The number of amides is 2. The Morgan fingerprint density at radius 3 is 2.69 bits per heavy atom. The van der Waals surface area contributed by atoms with Crippen LogP contribution in [0.2, 0.25) is 0 Å². The second-order valence-corrected chi connectivity index (χ2v) is 9.37. The van der Waals surface area contributed by atoms with Gasteiger partial charge >= 0.3 is 6.18 Å². The van der Waals surface area contributed by atoms with E-state index in [1.54, 1.807) is 18.2 Å². The first-order chi connectivity index (χ1) is 15.1. The van der Waals surface area contributed by atoms with Crippen LogP contribution in [-0.4, -0.2) is 62.8 Å². The lowest BCUT2D eigenvalue weighted by Gasteiger charge is -2.24. The van der Waals surface area contributed by atoms with Crippen LogP contribution < -0.4 is 10.0 Å². The minimum Gasteiger partial charge on any atom is -0.345 e. The molecule has 2 heterocycles. The number of carbonyl (C=O) groups excluding carboxylic acids is 2. The SMILES string of the molecule is O=C(NCC(F)(F)F)C1CCCN1C(=O)CCCCCN=C1NS(=O)(=O)c2ccccc21. The molecule has 0 aliphatic carbocycles. The molecule has 8 nitrogen and oxygen atoms in total. The van der Waals surface area contributed by atoms with Crippen LogP contribution in [-0.2, 0) is 19.6 Å². The average molecular weight is 475 g/mol. The molecule has 1 unspecified atom stereocenters. The molecule has 1 aromatic rings. The van der Waals surface area contributed by atoms with Crippen molar-refractivity contribution in [3.63, 3.8) is 0 Å². The molecule has 2 N–H and O–H groups in total. The van der Waals surface area contributed by atoms with E-state index in [1.165, 1.54) is 11.0 Å². The van der Waals surface area contributed by atoms with Crippen LogP contribution >= 0.6 is 0 Å². The van der Waals surface area contributed by atoms with E-state index in [-0.39, 0.29) is 17.2 Å². The number of halogens is 3. The van der Waals surface area contributed by atoms with Crippen LogP contribution in [0.4, 0.5) is 13.2 Å². The fraction of sp³-hybridized carbons (Fsp3) is 0.550. The summed E-state index contributed by atoms with van der Waals surface area (Å²) < 4.78 is 63.4. The van der Waals surface area contributed by atoms with Gasteiger partial charge in [-0.25, -0.2) is 8.42 Å². The van der Waals surface area contributed by atoms with Crippen molar-refractivity contribution >= 4 is 27.7 Å². The summed E-state index contributed by atoms with van der Waals surface area (Å²) in [6.45, 7) is -0.670. The predicted octanol–water partition coefficient (Wildman–Crippen LogP) is 1.95. The molecule has 2 aliphatic rings. The maximum atomic E-state index is 12.4. The molecule has 0 bridgehead atoms. The highest BCUT2D eigenvalue weighted by molar-refractivity contribution is 7.90. The number of unbranched alkanes of at least 4 members (excludes halogenated alkanes) is 2. The van der Waals surface area contributed by atoms with E-state index in [1.807, 2.05) is 5.32 Å². The number of fused-ring (bicyclic) bond motifs is 1. The molecule has 0 aromatic heterocycles. The lowest BCUT2D eigenvalue weighted by molar-refractivity contribution is -0.144. The molecule has 32 heavy (non-hydrogen) atoms. The first kappa shape index (κ1) is 24.0. The summed E-state index contributed by atoms with van der Waals surface area (Å²) in [7, 11) is -3.57. The quantitative estimate of drug-likeness (QED) is 0.562. The molecule has 2 aliphatic heterocycles. The summed E-state index contributed by atoms with van der Waals surface area (Å²) >= 11 is 0. The minimum atomic E-state index is -4.49. The molecular weight excluding hydrogens is 449 g/mol. The van der Waals surface area contributed by atoms with Gasteiger partial charge in [0.25, 0.3) is 10.0 Å². The monoisotopic (exact) mass is 474 g/mol. The molecule has 0 radical (unpaired) electrons. The van der Waals surface area contributed by atoms with Crippen molar-refractivity contribution in [2.75, 3.05) is 19.6 Å². The van der Waals surface area contributed by atoms with E-state index < -0.39 is 34.7 Å². The van der Waals surface area contributed by atoms with Crippen molar-refractivity contribution < 1.29 is 31.2 Å². The maximum Gasteiger partial charge on any atom is 0.405 e. The van der Waals surface area contributed by atoms with Gasteiger partial charge < -0.3 is 10.2 Å². The fourth-order valence-electron chi connectivity index (χ4n) is 3.79. The number of carbonyl (C=O) groups is 2.